The predicted molar refractivity (Wildman–Crippen MR) is 99.1 cm³/mol. The molecule has 3 aliphatic carbocycles. The second-order valence-corrected chi connectivity index (χ2v) is 8.36. The van der Waals surface area contributed by atoms with Crippen LogP contribution in [0.3, 0.4) is 0 Å². The van der Waals surface area contributed by atoms with Crippen LogP contribution in [0.15, 0.2) is 34.9 Å². The summed E-state index contributed by atoms with van der Waals surface area (Å²) < 4.78 is 12.4. The molecule has 2 atom stereocenters. The monoisotopic (exact) mass is 356 g/mol. The van der Waals surface area contributed by atoms with Gasteiger partial charge in [0.1, 0.15) is 11.7 Å². The van der Waals surface area contributed by atoms with Gasteiger partial charge in [0.2, 0.25) is 0 Å². The molecule has 3 fully saturated rings. The second kappa shape index (κ2) is 6.35. The Hall–Kier alpha value is -1.38. The molecule has 4 aliphatic rings. The summed E-state index contributed by atoms with van der Waals surface area (Å²) in [5.74, 6) is 5.46. The average molecular weight is 356 g/mol. The van der Waals surface area contributed by atoms with E-state index in [4.69, 9.17) is 9.47 Å². The lowest BCUT2D eigenvalue weighted by Crippen LogP contribution is -2.55. The maximum absolute atomic E-state index is 10.4. The van der Waals surface area contributed by atoms with Crippen molar-refractivity contribution in [2.45, 2.75) is 81.9 Å². The van der Waals surface area contributed by atoms with E-state index in [0.29, 0.717) is 5.57 Å². The van der Waals surface area contributed by atoms with Crippen molar-refractivity contribution in [3.63, 3.8) is 0 Å². The first-order chi connectivity index (χ1) is 12.4. The molecule has 4 heteroatoms. The van der Waals surface area contributed by atoms with Gasteiger partial charge in [0, 0.05) is 11.1 Å². The third-order valence-corrected chi connectivity index (χ3v) is 6.01. The summed E-state index contributed by atoms with van der Waals surface area (Å²) in [5, 5.41) is 20.3. The van der Waals surface area contributed by atoms with Crippen LogP contribution in [0.25, 0.3) is 0 Å². The van der Waals surface area contributed by atoms with Crippen LogP contribution in [0.4, 0.5) is 0 Å². The standard InChI is InChI=1S/C22H28O4/c1-20(2)25-19-18(17-10-4-6-14-22(17,19)26-20)16(15-23)9-3-5-11-21(24)12-7-8-13-21/h5,10-11,19,23-24H,4,6-8,12-15H2,1-2H3/b11-5+,18-16-/t19-,22+/m0/s1. The maximum Gasteiger partial charge on any atom is 0.165 e. The molecule has 2 N–H and O–H groups in total. The van der Waals surface area contributed by atoms with E-state index < -0.39 is 11.4 Å². The van der Waals surface area contributed by atoms with Crippen molar-refractivity contribution in [1.29, 1.82) is 0 Å². The van der Waals surface area contributed by atoms with Crippen molar-refractivity contribution in [2.24, 2.45) is 0 Å². The van der Waals surface area contributed by atoms with Gasteiger partial charge in [0.05, 0.1) is 12.2 Å². The van der Waals surface area contributed by atoms with Crippen molar-refractivity contribution in [1.82, 2.24) is 0 Å². The van der Waals surface area contributed by atoms with Crippen LogP contribution in [-0.4, -0.2) is 39.9 Å². The van der Waals surface area contributed by atoms with Crippen molar-refractivity contribution in [3.05, 3.63) is 34.9 Å². The Morgan fingerprint density at radius 3 is 2.77 bits per heavy atom. The fourth-order valence-electron chi connectivity index (χ4n) is 4.88. The summed E-state index contributed by atoms with van der Waals surface area (Å²) >= 11 is 0. The highest BCUT2D eigenvalue weighted by atomic mass is 16.8. The largest absolute Gasteiger partial charge is 0.391 e. The molecule has 1 heterocycles. The highest BCUT2D eigenvalue weighted by Crippen LogP contribution is 2.60. The molecule has 0 unspecified atom stereocenters. The van der Waals surface area contributed by atoms with Crippen LogP contribution in [0.2, 0.25) is 0 Å². The zero-order valence-corrected chi connectivity index (χ0v) is 15.7. The number of aliphatic hydroxyl groups is 2. The molecule has 4 nitrogen and oxygen atoms in total. The van der Waals surface area contributed by atoms with E-state index in [9.17, 15) is 10.2 Å². The number of ether oxygens (including phenoxy) is 2. The molecule has 0 radical (unpaired) electrons. The Morgan fingerprint density at radius 2 is 2.04 bits per heavy atom. The van der Waals surface area contributed by atoms with E-state index in [2.05, 4.69) is 17.9 Å². The molecule has 0 aromatic rings. The molecule has 1 saturated heterocycles. The Morgan fingerprint density at radius 1 is 1.27 bits per heavy atom. The first-order valence-electron chi connectivity index (χ1n) is 9.74. The number of hydrogen-bond donors (Lipinski definition) is 2. The number of hydrogen-bond acceptors (Lipinski definition) is 4. The van der Waals surface area contributed by atoms with E-state index in [-0.39, 0.29) is 18.3 Å². The fourth-order valence-corrected chi connectivity index (χ4v) is 4.88. The van der Waals surface area contributed by atoms with Gasteiger partial charge in [-0.15, -0.1) is 0 Å². The van der Waals surface area contributed by atoms with E-state index in [1.165, 1.54) is 0 Å². The summed E-state index contributed by atoms with van der Waals surface area (Å²) in [4.78, 5) is 0. The summed E-state index contributed by atoms with van der Waals surface area (Å²) in [6.07, 6.45) is 12.4. The zero-order valence-electron chi connectivity index (χ0n) is 15.7. The first-order valence-corrected chi connectivity index (χ1v) is 9.74. The van der Waals surface area contributed by atoms with Crippen LogP contribution in [0, 0.1) is 11.8 Å². The number of allylic oxidation sites excluding steroid dienone is 2. The Kier molecular flexibility index (Phi) is 4.40. The van der Waals surface area contributed by atoms with Gasteiger partial charge in [-0.3, -0.25) is 0 Å². The Bertz CT molecular complexity index is 740. The molecule has 2 saturated carbocycles. The first kappa shape index (κ1) is 18.0. The molecular weight excluding hydrogens is 328 g/mol. The molecule has 0 aromatic carbocycles. The smallest absolute Gasteiger partial charge is 0.165 e. The van der Waals surface area contributed by atoms with Crippen molar-refractivity contribution in [2.75, 3.05) is 6.61 Å². The molecule has 0 bridgehead atoms. The van der Waals surface area contributed by atoms with Gasteiger partial charge in [-0.2, -0.15) is 0 Å². The molecule has 0 amide bonds. The van der Waals surface area contributed by atoms with Crippen molar-refractivity contribution < 1.29 is 19.7 Å². The van der Waals surface area contributed by atoms with Crippen LogP contribution < -0.4 is 0 Å². The van der Waals surface area contributed by atoms with Crippen molar-refractivity contribution in [3.8, 4) is 11.8 Å². The fraction of sp³-hybridized carbons (Fsp3) is 0.636. The zero-order chi connectivity index (χ0) is 18.4. The normalized spacial score (nSPS) is 35.8. The predicted octanol–water partition coefficient (Wildman–Crippen LogP) is 3.15. The lowest BCUT2D eigenvalue weighted by atomic mass is 9.61. The van der Waals surface area contributed by atoms with E-state index in [1.807, 2.05) is 13.8 Å². The molecule has 26 heavy (non-hydrogen) atoms. The van der Waals surface area contributed by atoms with Crippen LogP contribution in [0.1, 0.15) is 58.8 Å². The quantitative estimate of drug-likeness (QED) is 0.746. The van der Waals surface area contributed by atoms with Gasteiger partial charge in [-0.1, -0.05) is 30.8 Å². The van der Waals surface area contributed by atoms with Gasteiger partial charge in [0.15, 0.2) is 5.79 Å². The third kappa shape index (κ3) is 2.88. The van der Waals surface area contributed by atoms with Gasteiger partial charge in [0.25, 0.3) is 0 Å². The van der Waals surface area contributed by atoms with E-state index in [0.717, 1.165) is 56.1 Å². The molecule has 1 aliphatic heterocycles. The molecule has 140 valence electrons. The maximum atomic E-state index is 10.4. The number of aliphatic hydroxyl groups excluding tert-OH is 1. The summed E-state index contributed by atoms with van der Waals surface area (Å²) in [6, 6.07) is 0. The SMILES string of the molecule is CC1(C)O[C@H]2/C(=C(/C#C/C=C/C3(O)CCCC3)CO)C3=CCCC[C@@]32O1. The minimum Gasteiger partial charge on any atom is -0.391 e. The van der Waals surface area contributed by atoms with E-state index in [1.54, 1.807) is 12.2 Å². The lowest BCUT2D eigenvalue weighted by molar-refractivity contribution is -0.153. The van der Waals surface area contributed by atoms with Gasteiger partial charge in [-0.05, 0) is 63.7 Å². The Labute approximate surface area is 155 Å². The summed E-state index contributed by atoms with van der Waals surface area (Å²) in [6.45, 7) is 3.77. The summed E-state index contributed by atoms with van der Waals surface area (Å²) in [7, 11) is 0. The minimum absolute atomic E-state index is 0.117. The van der Waals surface area contributed by atoms with Gasteiger partial charge < -0.3 is 19.7 Å². The topological polar surface area (TPSA) is 58.9 Å². The summed E-state index contributed by atoms with van der Waals surface area (Å²) in [5.41, 5.74) is 1.79. The van der Waals surface area contributed by atoms with Crippen LogP contribution in [-0.2, 0) is 9.47 Å². The highest BCUT2D eigenvalue weighted by Gasteiger charge is 2.66. The molecular formula is C22H28O4. The van der Waals surface area contributed by atoms with Crippen LogP contribution >= 0.6 is 0 Å². The van der Waals surface area contributed by atoms with Gasteiger partial charge in [-0.25, -0.2) is 0 Å². The Balaban J connectivity index is 1.61. The van der Waals surface area contributed by atoms with Crippen molar-refractivity contribution >= 4 is 0 Å². The molecule has 4 rings (SSSR count). The minimum atomic E-state index is -0.703. The van der Waals surface area contributed by atoms with Crippen LogP contribution in [0.5, 0.6) is 0 Å². The lowest BCUT2D eigenvalue weighted by Gasteiger charge is -2.49. The number of rotatable bonds is 2. The molecule has 1 spiro atoms. The van der Waals surface area contributed by atoms with Gasteiger partial charge >= 0.3 is 0 Å². The van der Waals surface area contributed by atoms with E-state index >= 15 is 0 Å². The second-order valence-electron chi connectivity index (χ2n) is 8.36. The highest BCUT2D eigenvalue weighted by molar-refractivity contribution is 5.63. The third-order valence-electron chi connectivity index (χ3n) is 6.01. The molecule has 0 aromatic heterocycles. The average Bonchev–Trinajstić information content (AvgIpc) is 3.10.